The minimum Gasteiger partial charge on any atom is -0.497 e. The molecule has 0 aromatic heterocycles. The molecule has 1 heterocycles. The Hall–Kier alpha value is -3.22. The first-order valence-corrected chi connectivity index (χ1v) is 8.57. The number of fused-ring (bicyclic) bond motifs is 1. The summed E-state index contributed by atoms with van der Waals surface area (Å²) in [7, 11) is 2.93. The highest BCUT2D eigenvalue weighted by Gasteiger charge is 2.26. The number of ether oxygens (including phenoxy) is 3. The second-order valence-electron chi connectivity index (χ2n) is 6.26. The molecule has 1 aliphatic heterocycles. The molecule has 0 spiro atoms. The van der Waals surface area contributed by atoms with Gasteiger partial charge in [0.25, 0.3) is 0 Å². The topological polar surface area (TPSA) is 77.1 Å². The Bertz CT molecular complexity index is 835. The molecule has 0 aliphatic carbocycles. The molecular formula is C20H22N2O5. The van der Waals surface area contributed by atoms with E-state index in [1.165, 1.54) is 7.11 Å². The zero-order valence-corrected chi connectivity index (χ0v) is 15.5. The van der Waals surface area contributed by atoms with Crippen LogP contribution < -0.4 is 14.8 Å². The lowest BCUT2D eigenvalue weighted by Crippen LogP contribution is -2.42. The summed E-state index contributed by atoms with van der Waals surface area (Å²) in [5, 5.41) is 2.89. The lowest BCUT2D eigenvalue weighted by molar-refractivity contribution is 0.0600. The SMILES string of the molecule is COC(=O)c1ccc2c(c1)OCC(C)N(C(=O)Nc1ccc(OC)cc1)C2. The summed E-state index contributed by atoms with van der Waals surface area (Å²) < 4.78 is 15.7. The van der Waals surface area contributed by atoms with Crippen molar-refractivity contribution in [3.8, 4) is 11.5 Å². The number of carbonyl (C=O) groups is 2. The number of nitrogens with one attached hydrogen (secondary N) is 1. The summed E-state index contributed by atoms with van der Waals surface area (Å²) in [5.74, 6) is 0.886. The summed E-state index contributed by atoms with van der Waals surface area (Å²) in [6.07, 6.45) is 0. The van der Waals surface area contributed by atoms with E-state index >= 15 is 0 Å². The van der Waals surface area contributed by atoms with Crippen molar-refractivity contribution in [1.82, 2.24) is 4.90 Å². The van der Waals surface area contributed by atoms with Crippen molar-refractivity contribution in [2.75, 3.05) is 26.1 Å². The maximum Gasteiger partial charge on any atom is 0.337 e. The first kappa shape index (κ1) is 18.6. The zero-order valence-electron chi connectivity index (χ0n) is 15.5. The molecule has 0 saturated carbocycles. The molecule has 7 nitrogen and oxygen atoms in total. The molecule has 0 saturated heterocycles. The number of amides is 2. The van der Waals surface area contributed by atoms with Crippen LogP contribution in [0.15, 0.2) is 42.5 Å². The Morgan fingerprint density at radius 3 is 2.56 bits per heavy atom. The molecule has 0 bridgehead atoms. The van der Waals surface area contributed by atoms with Crippen LogP contribution >= 0.6 is 0 Å². The lowest BCUT2D eigenvalue weighted by atomic mass is 10.1. The quantitative estimate of drug-likeness (QED) is 0.839. The number of methoxy groups -OCH3 is 2. The van der Waals surface area contributed by atoms with Gasteiger partial charge in [0.2, 0.25) is 0 Å². The van der Waals surface area contributed by atoms with Crippen LogP contribution in [0.2, 0.25) is 0 Å². The molecule has 1 N–H and O–H groups in total. The second-order valence-corrected chi connectivity index (χ2v) is 6.26. The summed E-state index contributed by atoms with van der Waals surface area (Å²) in [6.45, 7) is 2.62. The highest BCUT2D eigenvalue weighted by molar-refractivity contribution is 5.91. The molecule has 27 heavy (non-hydrogen) atoms. The van der Waals surface area contributed by atoms with Crippen molar-refractivity contribution in [1.29, 1.82) is 0 Å². The van der Waals surface area contributed by atoms with Gasteiger partial charge in [-0.25, -0.2) is 9.59 Å². The van der Waals surface area contributed by atoms with Crippen molar-refractivity contribution in [2.45, 2.75) is 19.5 Å². The number of esters is 1. The van der Waals surface area contributed by atoms with Crippen LogP contribution in [0, 0.1) is 0 Å². The molecule has 0 fully saturated rings. The maximum atomic E-state index is 12.8. The van der Waals surface area contributed by atoms with E-state index in [2.05, 4.69) is 5.32 Å². The second kappa shape index (κ2) is 7.99. The van der Waals surface area contributed by atoms with Gasteiger partial charge in [-0.05, 0) is 43.3 Å². The fourth-order valence-electron chi connectivity index (χ4n) is 2.85. The highest BCUT2D eigenvalue weighted by atomic mass is 16.5. The minimum atomic E-state index is -0.423. The molecule has 0 radical (unpaired) electrons. The fourth-order valence-corrected chi connectivity index (χ4v) is 2.85. The Kier molecular flexibility index (Phi) is 5.49. The predicted molar refractivity (Wildman–Crippen MR) is 100 cm³/mol. The van der Waals surface area contributed by atoms with Gasteiger partial charge < -0.3 is 24.4 Å². The van der Waals surface area contributed by atoms with Crippen LogP contribution in [0.1, 0.15) is 22.8 Å². The molecule has 1 aliphatic rings. The summed E-state index contributed by atoms with van der Waals surface area (Å²) in [6, 6.07) is 11.9. The maximum absolute atomic E-state index is 12.8. The van der Waals surface area contributed by atoms with Gasteiger partial charge in [0.05, 0.1) is 32.4 Å². The first-order chi connectivity index (χ1) is 13.0. The highest BCUT2D eigenvalue weighted by Crippen LogP contribution is 2.27. The van der Waals surface area contributed by atoms with Crippen LogP contribution in [0.5, 0.6) is 11.5 Å². The molecule has 2 amide bonds. The minimum absolute atomic E-state index is 0.141. The van der Waals surface area contributed by atoms with Gasteiger partial charge in [-0.3, -0.25) is 0 Å². The Balaban J connectivity index is 1.77. The molecule has 1 atom stereocenters. The molecular weight excluding hydrogens is 348 g/mol. The number of carbonyl (C=O) groups excluding carboxylic acids is 2. The third-order valence-corrected chi connectivity index (χ3v) is 4.44. The van der Waals surface area contributed by atoms with Crippen LogP contribution in [0.4, 0.5) is 10.5 Å². The van der Waals surface area contributed by atoms with Crippen LogP contribution in [0.25, 0.3) is 0 Å². The van der Waals surface area contributed by atoms with Gasteiger partial charge in [0.1, 0.15) is 18.1 Å². The molecule has 1 unspecified atom stereocenters. The zero-order chi connectivity index (χ0) is 19.4. The van der Waals surface area contributed by atoms with E-state index in [0.29, 0.717) is 30.2 Å². The van der Waals surface area contributed by atoms with Gasteiger partial charge in [-0.15, -0.1) is 0 Å². The van der Waals surface area contributed by atoms with Gasteiger partial charge in [-0.2, -0.15) is 0 Å². The third kappa shape index (κ3) is 4.13. The normalized spacial score (nSPS) is 15.8. The van der Waals surface area contributed by atoms with Crippen molar-refractivity contribution in [3.63, 3.8) is 0 Å². The van der Waals surface area contributed by atoms with E-state index in [0.717, 1.165) is 11.3 Å². The third-order valence-electron chi connectivity index (χ3n) is 4.44. The Labute approximate surface area is 157 Å². The average molecular weight is 370 g/mol. The number of benzene rings is 2. The van der Waals surface area contributed by atoms with E-state index in [1.807, 2.05) is 6.92 Å². The van der Waals surface area contributed by atoms with Crippen molar-refractivity contribution >= 4 is 17.7 Å². The van der Waals surface area contributed by atoms with Gasteiger partial charge in [-0.1, -0.05) is 6.07 Å². The average Bonchev–Trinajstić information content (AvgIpc) is 2.86. The molecule has 7 heteroatoms. The van der Waals surface area contributed by atoms with Crippen molar-refractivity contribution in [2.24, 2.45) is 0 Å². The van der Waals surface area contributed by atoms with E-state index in [9.17, 15) is 9.59 Å². The Morgan fingerprint density at radius 1 is 1.15 bits per heavy atom. The van der Waals surface area contributed by atoms with E-state index < -0.39 is 5.97 Å². The number of rotatable bonds is 3. The molecule has 142 valence electrons. The van der Waals surface area contributed by atoms with E-state index in [-0.39, 0.29) is 12.1 Å². The number of urea groups is 1. The predicted octanol–water partition coefficient (Wildman–Crippen LogP) is 3.30. The van der Waals surface area contributed by atoms with Crippen LogP contribution in [0.3, 0.4) is 0 Å². The first-order valence-electron chi connectivity index (χ1n) is 8.57. The number of hydrogen-bond donors (Lipinski definition) is 1. The largest absolute Gasteiger partial charge is 0.497 e. The fraction of sp³-hybridized carbons (Fsp3) is 0.300. The molecule has 3 rings (SSSR count). The Morgan fingerprint density at radius 2 is 1.89 bits per heavy atom. The van der Waals surface area contributed by atoms with E-state index in [4.69, 9.17) is 14.2 Å². The molecule has 2 aromatic carbocycles. The van der Waals surface area contributed by atoms with Gasteiger partial charge in [0.15, 0.2) is 0 Å². The number of nitrogens with zero attached hydrogens (tertiary/aromatic N) is 1. The number of hydrogen-bond acceptors (Lipinski definition) is 5. The van der Waals surface area contributed by atoms with Crippen LogP contribution in [-0.2, 0) is 11.3 Å². The summed E-state index contributed by atoms with van der Waals surface area (Å²) in [5.41, 5.74) is 1.93. The smallest absolute Gasteiger partial charge is 0.337 e. The van der Waals surface area contributed by atoms with Crippen molar-refractivity contribution in [3.05, 3.63) is 53.6 Å². The van der Waals surface area contributed by atoms with Gasteiger partial charge >= 0.3 is 12.0 Å². The number of anilines is 1. The van der Waals surface area contributed by atoms with Gasteiger partial charge in [0, 0.05) is 11.3 Å². The van der Waals surface area contributed by atoms with E-state index in [1.54, 1.807) is 54.5 Å². The standard InChI is InChI=1S/C20H22N2O5/c1-13-12-27-18-10-14(19(23)26-3)4-5-15(18)11-22(13)20(24)21-16-6-8-17(25-2)9-7-16/h4-10,13H,11-12H2,1-3H3,(H,21,24). The summed E-state index contributed by atoms with van der Waals surface area (Å²) in [4.78, 5) is 26.2. The molecule has 2 aromatic rings. The summed E-state index contributed by atoms with van der Waals surface area (Å²) >= 11 is 0. The van der Waals surface area contributed by atoms with Crippen molar-refractivity contribution < 1.29 is 23.8 Å². The van der Waals surface area contributed by atoms with Crippen LogP contribution in [-0.4, -0.2) is 43.8 Å². The lowest BCUT2D eigenvalue weighted by Gasteiger charge is -2.26. The monoisotopic (exact) mass is 370 g/mol.